The molecule has 4 nitrogen and oxygen atoms in total. The van der Waals surface area contributed by atoms with Gasteiger partial charge in [-0.05, 0) is 5.92 Å². The van der Waals surface area contributed by atoms with E-state index in [0.29, 0.717) is 6.54 Å². The molecule has 0 aliphatic heterocycles. The molecule has 1 rings (SSSR count). The molecular formula is C9H14N2O2S. The Kier molecular flexibility index (Phi) is 4.03. The summed E-state index contributed by atoms with van der Waals surface area (Å²) in [6.07, 6.45) is 0. The number of carboxylic acid groups (broad SMARTS) is 1. The molecule has 78 valence electrons. The van der Waals surface area contributed by atoms with E-state index in [2.05, 4.69) is 10.3 Å². The van der Waals surface area contributed by atoms with E-state index >= 15 is 0 Å². The van der Waals surface area contributed by atoms with Crippen LogP contribution in [0.3, 0.4) is 0 Å². The van der Waals surface area contributed by atoms with Gasteiger partial charge >= 0.3 is 5.97 Å². The van der Waals surface area contributed by atoms with Gasteiger partial charge in [0.1, 0.15) is 6.04 Å². The first-order valence-electron chi connectivity index (χ1n) is 4.44. The molecule has 1 unspecified atom stereocenters. The lowest BCUT2D eigenvalue weighted by Crippen LogP contribution is -2.40. The zero-order valence-electron chi connectivity index (χ0n) is 8.23. The van der Waals surface area contributed by atoms with Crippen molar-refractivity contribution in [3.05, 3.63) is 16.6 Å². The first-order valence-corrected chi connectivity index (χ1v) is 5.38. The number of aromatic nitrogens is 1. The second-order valence-corrected chi connectivity index (χ2v) is 4.14. The summed E-state index contributed by atoms with van der Waals surface area (Å²) in [5.74, 6) is -0.735. The predicted molar refractivity (Wildman–Crippen MR) is 55.2 cm³/mol. The molecule has 0 saturated carbocycles. The van der Waals surface area contributed by atoms with E-state index in [1.54, 1.807) is 5.51 Å². The van der Waals surface area contributed by atoms with E-state index < -0.39 is 12.0 Å². The van der Waals surface area contributed by atoms with Crippen molar-refractivity contribution in [2.75, 3.05) is 0 Å². The van der Waals surface area contributed by atoms with Crippen LogP contribution in [0.25, 0.3) is 0 Å². The largest absolute Gasteiger partial charge is 0.480 e. The third kappa shape index (κ3) is 3.08. The monoisotopic (exact) mass is 214 g/mol. The van der Waals surface area contributed by atoms with Crippen molar-refractivity contribution in [2.45, 2.75) is 26.4 Å². The first-order chi connectivity index (χ1) is 6.61. The van der Waals surface area contributed by atoms with E-state index in [4.69, 9.17) is 5.11 Å². The summed E-state index contributed by atoms with van der Waals surface area (Å²) in [7, 11) is 0. The number of carboxylic acids is 1. The zero-order valence-corrected chi connectivity index (χ0v) is 9.04. The Hall–Kier alpha value is -0.940. The smallest absolute Gasteiger partial charge is 0.320 e. The molecule has 1 atom stereocenters. The van der Waals surface area contributed by atoms with Gasteiger partial charge in [0.25, 0.3) is 0 Å². The summed E-state index contributed by atoms with van der Waals surface area (Å²) in [4.78, 5) is 14.9. The number of aliphatic carboxylic acids is 1. The topological polar surface area (TPSA) is 62.2 Å². The lowest BCUT2D eigenvalue weighted by atomic mass is 10.1. The van der Waals surface area contributed by atoms with Crippen LogP contribution in [0.15, 0.2) is 10.9 Å². The molecule has 0 spiro atoms. The second kappa shape index (κ2) is 5.07. The highest BCUT2D eigenvalue weighted by Gasteiger charge is 2.20. The van der Waals surface area contributed by atoms with Gasteiger partial charge in [0.2, 0.25) is 0 Å². The van der Waals surface area contributed by atoms with Crippen molar-refractivity contribution in [2.24, 2.45) is 5.92 Å². The van der Waals surface area contributed by atoms with Gasteiger partial charge in [-0.3, -0.25) is 10.1 Å². The number of thiazole rings is 1. The van der Waals surface area contributed by atoms with Crippen LogP contribution in [-0.2, 0) is 11.3 Å². The highest BCUT2D eigenvalue weighted by molar-refractivity contribution is 7.07. The fourth-order valence-electron chi connectivity index (χ4n) is 1.15. The zero-order chi connectivity index (χ0) is 10.6. The molecule has 14 heavy (non-hydrogen) atoms. The van der Waals surface area contributed by atoms with Gasteiger partial charge in [0.15, 0.2) is 0 Å². The van der Waals surface area contributed by atoms with Crippen LogP contribution < -0.4 is 5.32 Å². The van der Waals surface area contributed by atoms with Crippen LogP contribution >= 0.6 is 11.3 Å². The van der Waals surface area contributed by atoms with Gasteiger partial charge in [0.05, 0.1) is 11.2 Å². The molecule has 0 saturated heterocycles. The number of hydrogen-bond acceptors (Lipinski definition) is 4. The van der Waals surface area contributed by atoms with Gasteiger partial charge in [-0.2, -0.15) is 0 Å². The van der Waals surface area contributed by atoms with Gasteiger partial charge in [0, 0.05) is 11.9 Å². The van der Waals surface area contributed by atoms with E-state index in [9.17, 15) is 4.79 Å². The average molecular weight is 214 g/mol. The number of nitrogens with one attached hydrogen (secondary N) is 1. The Morgan fingerprint density at radius 1 is 1.71 bits per heavy atom. The molecule has 1 heterocycles. The maximum atomic E-state index is 10.8. The van der Waals surface area contributed by atoms with Gasteiger partial charge in [-0.25, -0.2) is 4.98 Å². The van der Waals surface area contributed by atoms with Crippen LogP contribution in [0.5, 0.6) is 0 Å². The molecule has 1 aromatic heterocycles. The summed E-state index contributed by atoms with van der Waals surface area (Å²) in [5.41, 5.74) is 2.63. The van der Waals surface area contributed by atoms with E-state index in [1.165, 1.54) is 11.3 Å². The predicted octanol–water partition coefficient (Wildman–Crippen LogP) is 1.34. The Bertz CT molecular complexity index is 285. The molecule has 0 aliphatic rings. The van der Waals surface area contributed by atoms with Crippen molar-refractivity contribution in [1.29, 1.82) is 0 Å². The number of carbonyl (C=O) groups is 1. The van der Waals surface area contributed by atoms with E-state index in [1.807, 2.05) is 19.2 Å². The lowest BCUT2D eigenvalue weighted by Gasteiger charge is -2.16. The fourth-order valence-corrected chi connectivity index (χ4v) is 1.71. The van der Waals surface area contributed by atoms with E-state index in [-0.39, 0.29) is 5.92 Å². The first kappa shape index (κ1) is 11.1. The number of nitrogens with zero attached hydrogens (tertiary/aromatic N) is 1. The molecule has 1 aromatic rings. The van der Waals surface area contributed by atoms with Crippen LogP contribution in [-0.4, -0.2) is 22.1 Å². The summed E-state index contributed by atoms with van der Waals surface area (Å²) >= 11 is 1.51. The second-order valence-electron chi connectivity index (χ2n) is 3.42. The number of rotatable bonds is 5. The minimum Gasteiger partial charge on any atom is -0.480 e. The molecule has 0 bridgehead atoms. The third-order valence-electron chi connectivity index (χ3n) is 1.92. The lowest BCUT2D eigenvalue weighted by molar-refractivity contribution is -0.140. The van der Waals surface area contributed by atoms with Crippen LogP contribution in [0.2, 0.25) is 0 Å². The Balaban J connectivity index is 2.45. The quantitative estimate of drug-likeness (QED) is 0.776. The molecule has 0 fully saturated rings. The average Bonchev–Trinajstić information content (AvgIpc) is 2.55. The molecule has 0 aromatic carbocycles. The van der Waals surface area contributed by atoms with Gasteiger partial charge < -0.3 is 5.11 Å². The van der Waals surface area contributed by atoms with Crippen LogP contribution in [0, 0.1) is 5.92 Å². The van der Waals surface area contributed by atoms with Crippen LogP contribution in [0.4, 0.5) is 0 Å². The molecule has 0 radical (unpaired) electrons. The van der Waals surface area contributed by atoms with Crippen molar-refractivity contribution >= 4 is 17.3 Å². The molecule has 0 aliphatic carbocycles. The summed E-state index contributed by atoms with van der Waals surface area (Å²) in [5, 5.41) is 13.8. The summed E-state index contributed by atoms with van der Waals surface area (Å²) < 4.78 is 0. The Labute approximate surface area is 87.0 Å². The van der Waals surface area contributed by atoms with E-state index in [0.717, 1.165) is 5.69 Å². The normalized spacial score (nSPS) is 13.1. The maximum absolute atomic E-state index is 10.8. The SMILES string of the molecule is CC(C)C(NCc1cscn1)C(=O)O. The Morgan fingerprint density at radius 2 is 2.43 bits per heavy atom. The highest BCUT2D eigenvalue weighted by Crippen LogP contribution is 2.05. The van der Waals surface area contributed by atoms with Crippen molar-refractivity contribution in [3.8, 4) is 0 Å². The maximum Gasteiger partial charge on any atom is 0.320 e. The fraction of sp³-hybridized carbons (Fsp3) is 0.556. The van der Waals surface area contributed by atoms with Crippen molar-refractivity contribution in [3.63, 3.8) is 0 Å². The molecule has 5 heteroatoms. The number of hydrogen-bond donors (Lipinski definition) is 2. The summed E-state index contributed by atoms with van der Waals surface area (Å²) in [6, 6.07) is -0.503. The molecule has 0 amide bonds. The van der Waals surface area contributed by atoms with Gasteiger partial charge in [-0.15, -0.1) is 11.3 Å². The standard InChI is InChI=1S/C9H14N2O2S/c1-6(2)8(9(12)13)10-3-7-4-14-5-11-7/h4-6,8,10H,3H2,1-2H3,(H,12,13). The van der Waals surface area contributed by atoms with Gasteiger partial charge in [-0.1, -0.05) is 13.8 Å². The minimum atomic E-state index is -0.810. The Morgan fingerprint density at radius 3 is 2.86 bits per heavy atom. The van der Waals surface area contributed by atoms with Crippen molar-refractivity contribution in [1.82, 2.24) is 10.3 Å². The molecular weight excluding hydrogens is 200 g/mol. The van der Waals surface area contributed by atoms with Crippen molar-refractivity contribution < 1.29 is 9.90 Å². The summed E-state index contributed by atoms with van der Waals surface area (Å²) in [6.45, 7) is 4.28. The third-order valence-corrected chi connectivity index (χ3v) is 2.55. The molecule has 2 N–H and O–H groups in total. The minimum absolute atomic E-state index is 0.0751. The highest BCUT2D eigenvalue weighted by atomic mass is 32.1. The van der Waals surface area contributed by atoms with Crippen LogP contribution in [0.1, 0.15) is 19.5 Å².